The van der Waals surface area contributed by atoms with Gasteiger partial charge >= 0.3 is 5.97 Å². The van der Waals surface area contributed by atoms with E-state index in [9.17, 15) is 4.79 Å². The summed E-state index contributed by atoms with van der Waals surface area (Å²) in [5.74, 6) is 0.611. The molecule has 23 heavy (non-hydrogen) atoms. The van der Waals surface area contributed by atoms with Crippen LogP contribution in [0.2, 0.25) is 0 Å². The molecular weight excluding hydrogens is 290 g/mol. The summed E-state index contributed by atoms with van der Waals surface area (Å²) >= 11 is 0. The lowest BCUT2D eigenvalue weighted by atomic mass is 9.94. The van der Waals surface area contributed by atoms with Gasteiger partial charge in [-0.05, 0) is 44.0 Å². The Hall–Kier alpha value is -1.55. The second-order valence-electron chi connectivity index (χ2n) is 5.93. The molecule has 0 unspecified atom stereocenters. The number of esters is 1. The van der Waals surface area contributed by atoms with Gasteiger partial charge in [-0.15, -0.1) is 0 Å². The Labute approximate surface area is 140 Å². The number of benzene rings is 1. The van der Waals surface area contributed by atoms with Crippen LogP contribution in [-0.2, 0) is 4.74 Å². The van der Waals surface area contributed by atoms with Crippen LogP contribution in [0, 0.1) is 6.92 Å². The number of carbonyl (C=O) groups is 1. The fraction of sp³-hybridized carbons (Fsp3) is 0.632. The van der Waals surface area contributed by atoms with E-state index in [2.05, 4.69) is 32.6 Å². The molecule has 0 heterocycles. The monoisotopic (exact) mass is 321 g/mol. The molecule has 0 fully saturated rings. The van der Waals surface area contributed by atoms with Crippen molar-refractivity contribution in [2.24, 2.45) is 0 Å². The highest BCUT2D eigenvalue weighted by atomic mass is 16.5. The number of carbonyl (C=O) groups excluding carboxylic acids is 1. The summed E-state index contributed by atoms with van der Waals surface area (Å²) in [6, 6.07) is 4.02. The maximum Gasteiger partial charge on any atom is 0.342 e. The van der Waals surface area contributed by atoms with E-state index in [0.29, 0.717) is 24.5 Å². The van der Waals surface area contributed by atoms with Crippen LogP contribution in [0.5, 0.6) is 5.75 Å². The van der Waals surface area contributed by atoms with E-state index in [1.807, 2.05) is 26.0 Å². The zero-order chi connectivity index (χ0) is 17.4. The summed E-state index contributed by atoms with van der Waals surface area (Å²) in [5, 5.41) is 0. The van der Waals surface area contributed by atoms with Crippen LogP contribution in [0.3, 0.4) is 0 Å². The molecule has 1 rings (SSSR count). The normalized spacial score (nSPS) is 11.1. The van der Waals surface area contributed by atoms with Gasteiger partial charge in [0.1, 0.15) is 17.9 Å². The van der Waals surface area contributed by atoms with Crippen molar-refractivity contribution in [1.82, 2.24) is 4.90 Å². The van der Waals surface area contributed by atoms with Crippen LogP contribution >= 0.6 is 0 Å². The number of aryl methyl sites for hydroxylation is 1. The number of hydrogen-bond donors (Lipinski definition) is 0. The average Bonchev–Trinajstić information content (AvgIpc) is 2.52. The summed E-state index contributed by atoms with van der Waals surface area (Å²) in [5.41, 5.74) is 2.53. The number of nitrogens with zero attached hydrogens (tertiary/aromatic N) is 1. The van der Waals surface area contributed by atoms with Gasteiger partial charge in [-0.1, -0.05) is 39.8 Å². The molecular formula is C19H31NO3. The Morgan fingerprint density at radius 2 is 1.83 bits per heavy atom. The van der Waals surface area contributed by atoms with Crippen molar-refractivity contribution in [2.45, 2.75) is 47.5 Å². The molecule has 0 aliphatic carbocycles. The van der Waals surface area contributed by atoms with Crippen molar-refractivity contribution in [3.05, 3.63) is 28.8 Å². The van der Waals surface area contributed by atoms with Gasteiger partial charge in [0.25, 0.3) is 0 Å². The highest BCUT2D eigenvalue weighted by molar-refractivity contribution is 5.95. The Morgan fingerprint density at radius 3 is 2.35 bits per heavy atom. The molecule has 0 saturated carbocycles. The average molecular weight is 321 g/mol. The van der Waals surface area contributed by atoms with E-state index < -0.39 is 0 Å². The van der Waals surface area contributed by atoms with Gasteiger partial charge in [-0.2, -0.15) is 0 Å². The summed E-state index contributed by atoms with van der Waals surface area (Å²) < 4.78 is 11.3. The molecule has 0 aromatic heterocycles. The quantitative estimate of drug-likeness (QED) is 0.644. The summed E-state index contributed by atoms with van der Waals surface area (Å²) in [6.07, 6.45) is 0. The zero-order valence-corrected chi connectivity index (χ0v) is 15.4. The van der Waals surface area contributed by atoms with Gasteiger partial charge < -0.3 is 14.4 Å². The smallest absolute Gasteiger partial charge is 0.342 e. The van der Waals surface area contributed by atoms with Gasteiger partial charge in [0, 0.05) is 6.54 Å². The molecule has 1 aromatic rings. The number of ether oxygens (including phenoxy) is 2. The van der Waals surface area contributed by atoms with E-state index in [1.54, 1.807) is 0 Å². The third-order valence-corrected chi connectivity index (χ3v) is 4.04. The third-order valence-electron chi connectivity index (χ3n) is 4.04. The van der Waals surface area contributed by atoms with Crippen molar-refractivity contribution in [3.8, 4) is 5.75 Å². The van der Waals surface area contributed by atoms with Gasteiger partial charge in [0.2, 0.25) is 0 Å². The van der Waals surface area contributed by atoms with E-state index in [4.69, 9.17) is 9.47 Å². The van der Waals surface area contributed by atoms with Gasteiger partial charge in [0.15, 0.2) is 0 Å². The molecule has 0 atom stereocenters. The molecule has 0 N–H and O–H groups in total. The number of likely N-dealkylation sites (N-methyl/N-ethyl adjacent to an activating group) is 1. The van der Waals surface area contributed by atoms with Crippen LogP contribution in [0.15, 0.2) is 12.1 Å². The van der Waals surface area contributed by atoms with Crippen molar-refractivity contribution < 1.29 is 14.3 Å². The first kappa shape index (κ1) is 19.5. The third kappa shape index (κ3) is 5.24. The van der Waals surface area contributed by atoms with Crippen molar-refractivity contribution in [1.29, 1.82) is 0 Å². The first-order valence-corrected chi connectivity index (χ1v) is 8.61. The molecule has 0 bridgehead atoms. The highest BCUT2D eigenvalue weighted by Crippen LogP contribution is 2.32. The van der Waals surface area contributed by atoms with Gasteiger partial charge in [-0.3, -0.25) is 0 Å². The molecule has 0 aliphatic heterocycles. The zero-order valence-electron chi connectivity index (χ0n) is 15.4. The molecule has 0 aliphatic rings. The standard InChI is InChI=1S/C19H31NO3/c1-7-20(8-2)12-13-23-18-15(6)10-11-16(14(4)5)17(18)19(21)22-9-3/h10-11,14H,7-9,12-13H2,1-6H3. The minimum atomic E-state index is -0.294. The second-order valence-corrected chi connectivity index (χ2v) is 5.93. The molecule has 1 aromatic carbocycles. The van der Waals surface area contributed by atoms with Crippen LogP contribution in [-0.4, -0.2) is 43.7 Å². The van der Waals surface area contributed by atoms with Crippen LogP contribution in [0.4, 0.5) is 0 Å². The van der Waals surface area contributed by atoms with Crippen LogP contribution < -0.4 is 4.74 Å². The van der Waals surface area contributed by atoms with Crippen molar-refractivity contribution in [2.75, 3.05) is 32.8 Å². The van der Waals surface area contributed by atoms with Crippen LogP contribution in [0.25, 0.3) is 0 Å². The Morgan fingerprint density at radius 1 is 1.17 bits per heavy atom. The first-order chi connectivity index (χ1) is 11.0. The maximum absolute atomic E-state index is 12.4. The molecule has 0 saturated heterocycles. The van der Waals surface area contributed by atoms with Crippen molar-refractivity contribution >= 4 is 5.97 Å². The summed E-state index contributed by atoms with van der Waals surface area (Å²) in [7, 11) is 0. The SMILES string of the molecule is CCOC(=O)c1c(C(C)C)ccc(C)c1OCCN(CC)CC. The maximum atomic E-state index is 12.4. The predicted molar refractivity (Wildman–Crippen MR) is 94.5 cm³/mol. The van der Waals surface area contributed by atoms with Crippen LogP contribution in [0.1, 0.15) is 62.0 Å². The summed E-state index contributed by atoms with van der Waals surface area (Å²) in [6.45, 7) is 16.0. The second kappa shape index (κ2) is 9.56. The predicted octanol–water partition coefficient (Wildman–Crippen LogP) is 4.02. The summed E-state index contributed by atoms with van der Waals surface area (Å²) in [4.78, 5) is 14.7. The first-order valence-electron chi connectivity index (χ1n) is 8.61. The Balaban J connectivity index is 3.08. The topological polar surface area (TPSA) is 38.8 Å². The minimum absolute atomic E-state index is 0.236. The lowest BCUT2D eigenvalue weighted by molar-refractivity contribution is 0.0519. The minimum Gasteiger partial charge on any atom is -0.491 e. The molecule has 0 amide bonds. The molecule has 0 radical (unpaired) electrons. The van der Waals surface area contributed by atoms with E-state index in [0.717, 1.165) is 30.8 Å². The van der Waals surface area contributed by atoms with E-state index in [1.165, 1.54) is 0 Å². The largest absolute Gasteiger partial charge is 0.491 e. The molecule has 130 valence electrons. The van der Waals surface area contributed by atoms with Gasteiger partial charge in [-0.25, -0.2) is 4.79 Å². The van der Waals surface area contributed by atoms with E-state index >= 15 is 0 Å². The van der Waals surface area contributed by atoms with Gasteiger partial charge in [0.05, 0.1) is 6.61 Å². The molecule has 4 heteroatoms. The van der Waals surface area contributed by atoms with E-state index in [-0.39, 0.29) is 11.9 Å². The Kier molecular flexibility index (Phi) is 8.10. The lowest BCUT2D eigenvalue weighted by Gasteiger charge is -2.21. The van der Waals surface area contributed by atoms with Crippen molar-refractivity contribution in [3.63, 3.8) is 0 Å². The fourth-order valence-electron chi connectivity index (χ4n) is 2.60. The number of rotatable bonds is 9. The lowest BCUT2D eigenvalue weighted by Crippen LogP contribution is -2.28. The fourth-order valence-corrected chi connectivity index (χ4v) is 2.60. The highest BCUT2D eigenvalue weighted by Gasteiger charge is 2.22. The Bertz CT molecular complexity index is 508. The molecule has 0 spiro atoms. The molecule has 4 nitrogen and oxygen atoms in total. The number of hydrogen-bond acceptors (Lipinski definition) is 4.